The van der Waals surface area contributed by atoms with Gasteiger partial charge >= 0.3 is 5.63 Å². The first-order chi connectivity index (χ1) is 8.29. The maximum absolute atomic E-state index is 11.5. The van der Waals surface area contributed by atoms with Gasteiger partial charge in [-0.3, -0.25) is 0 Å². The molecule has 2 heterocycles. The second-order valence-electron chi connectivity index (χ2n) is 4.20. The van der Waals surface area contributed by atoms with Gasteiger partial charge in [0.25, 0.3) is 0 Å². The number of rotatable bonds is 2. The summed E-state index contributed by atoms with van der Waals surface area (Å²) in [5.41, 5.74) is 1.72. The maximum atomic E-state index is 11.5. The Morgan fingerprint density at radius 1 is 1.24 bits per heavy atom. The van der Waals surface area contributed by atoms with Crippen LogP contribution in [0.1, 0.15) is 19.1 Å². The van der Waals surface area contributed by atoms with Crippen molar-refractivity contribution in [2.75, 3.05) is 0 Å². The van der Waals surface area contributed by atoms with Crippen LogP contribution in [0.2, 0.25) is 0 Å². The van der Waals surface area contributed by atoms with Crippen molar-refractivity contribution in [1.82, 2.24) is 4.98 Å². The van der Waals surface area contributed by atoms with Gasteiger partial charge in [-0.05, 0) is 12.5 Å². The lowest BCUT2D eigenvalue weighted by atomic mass is 10.1. The molecule has 0 aliphatic carbocycles. The Labute approximate surface area is 98.1 Å². The highest BCUT2D eigenvalue weighted by molar-refractivity contribution is 6.07. The number of nitrogens with one attached hydrogen (secondary N) is 1. The van der Waals surface area contributed by atoms with E-state index in [1.165, 1.54) is 0 Å². The van der Waals surface area contributed by atoms with E-state index in [-0.39, 0.29) is 5.63 Å². The van der Waals surface area contributed by atoms with Crippen LogP contribution in [-0.2, 0) is 6.42 Å². The Balaban J connectivity index is 2.46. The SMILES string of the molecule is CCCc1oc(=O)cc2c1[nH]c1ccccc12. The fourth-order valence-corrected chi connectivity index (χ4v) is 2.26. The molecule has 0 amide bonds. The van der Waals surface area contributed by atoms with Crippen LogP contribution in [0.15, 0.2) is 39.5 Å². The van der Waals surface area contributed by atoms with Crippen LogP contribution >= 0.6 is 0 Å². The summed E-state index contributed by atoms with van der Waals surface area (Å²) in [4.78, 5) is 14.9. The van der Waals surface area contributed by atoms with E-state index in [0.717, 1.165) is 40.4 Å². The Kier molecular flexibility index (Phi) is 2.25. The first-order valence-corrected chi connectivity index (χ1v) is 5.83. The van der Waals surface area contributed by atoms with Crippen molar-refractivity contribution in [1.29, 1.82) is 0 Å². The van der Waals surface area contributed by atoms with Crippen LogP contribution in [0.4, 0.5) is 0 Å². The number of hydrogen-bond donors (Lipinski definition) is 1. The van der Waals surface area contributed by atoms with E-state index < -0.39 is 0 Å². The molecule has 3 aromatic rings. The van der Waals surface area contributed by atoms with Gasteiger partial charge in [0.1, 0.15) is 5.76 Å². The molecular weight excluding hydrogens is 214 g/mol. The smallest absolute Gasteiger partial charge is 0.336 e. The van der Waals surface area contributed by atoms with Crippen molar-refractivity contribution >= 4 is 21.8 Å². The van der Waals surface area contributed by atoms with Gasteiger partial charge in [0.15, 0.2) is 0 Å². The van der Waals surface area contributed by atoms with E-state index >= 15 is 0 Å². The quantitative estimate of drug-likeness (QED) is 0.730. The highest BCUT2D eigenvalue weighted by Gasteiger charge is 2.10. The molecule has 0 fully saturated rings. The molecule has 86 valence electrons. The number of aryl methyl sites for hydroxylation is 1. The summed E-state index contributed by atoms with van der Waals surface area (Å²) in [6.45, 7) is 2.07. The van der Waals surface area contributed by atoms with E-state index in [0.29, 0.717) is 0 Å². The van der Waals surface area contributed by atoms with Crippen molar-refractivity contribution in [3.8, 4) is 0 Å². The van der Waals surface area contributed by atoms with Crippen molar-refractivity contribution in [2.45, 2.75) is 19.8 Å². The molecule has 17 heavy (non-hydrogen) atoms. The fourth-order valence-electron chi connectivity index (χ4n) is 2.26. The first kappa shape index (κ1) is 10.1. The van der Waals surface area contributed by atoms with E-state index in [9.17, 15) is 4.79 Å². The van der Waals surface area contributed by atoms with Gasteiger partial charge in [-0.15, -0.1) is 0 Å². The zero-order chi connectivity index (χ0) is 11.8. The molecule has 0 atom stereocenters. The average molecular weight is 227 g/mol. The Morgan fingerprint density at radius 2 is 2.06 bits per heavy atom. The van der Waals surface area contributed by atoms with Gasteiger partial charge in [0.2, 0.25) is 0 Å². The molecule has 0 spiro atoms. The van der Waals surface area contributed by atoms with Gasteiger partial charge in [0, 0.05) is 28.8 Å². The molecule has 2 aromatic heterocycles. The second kappa shape index (κ2) is 3.77. The lowest BCUT2D eigenvalue weighted by Gasteiger charge is -1.98. The molecular formula is C14H13NO2. The third-order valence-electron chi connectivity index (χ3n) is 2.99. The van der Waals surface area contributed by atoms with Crippen molar-refractivity contribution < 1.29 is 4.42 Å². The zero-order valence-electron chi connectivity index (χ0n) is 9.62. The van der Waals surface area contributed by atoms with E-state index in [2.05, 4.69) is 11.9 Å². The molecule has 3 nitrogen and oxygen atoms in total. The standard InChI is InChI=1S/C14H13NO2/c1-2-5-12-14-10(8-13(16)17-12)9-6-3-4-7-11(9)15-14/h3-4,6-8,15H,2,5H2,1H3. The number of fused-ring (bicyclic) bond motifs is 3. The average Bonchev–Trinajstić information content (AvgIpc) is 2.69. The third-order valence-corrected chi connectivity index (χ3v) is 2.99. The summed E-state index contributed by atoms with van der Waals surface area (Å²) < 4.78 is 5.27. The predicted octanol–water partition coefficient (Wildman–Crippen LogP) is 3.23. The minimum Gasteiger partial charge on any atom is -0.426 e. The summed E-state index contributed by atoms with van der Waals surface area (Å²) in [5, 5.41) is 2.04. The molecule has 0 unspecified atom stereocenters. The predicted molar refractivity (Wildman–Crippen MR) is 68.3 cm³/mol. The highest BCUT2D eigenvalue weighted by atomic mass is 16.4. The molecule has 0 saturated heterocycles. The number of para-hydroxylation sites is 1. The van der Waals surface area contributed by atoms with Crippen molar-refractivity contribution in [3.05, 3.63) is 46.5 Å². The summed E-state index contributed by atoms with van der Waals surface area (Å²) in [6, 6.07) is 9.54. The minimum atomic E-state index is -0.272. The summed E-state index contributed by atoms with van der Waals surface area (Å²) in [6.07, 6.45) is 1.73. The van der Waals surface area contributed by atoms with Gasteiger partial charge in [0.05, 0.1) is 5.52 Å². The molecule has 0 bridgehead atoms. The van der Waals surface area contributed by atoms with Crippen LogP contribution in [0.25, 0.3) is 21.8 Å². The zero-order valence-corrected chi connectivity index (χ0v) is 9.62. The Hall–Kier alpha value is -2.03. The van der Waals surface area contributed by atoms with Crippen LogP contribution < -0.4 is 5.63 Å². The van der Waals surface area contributed by atoms with Gasteiger partial charge in [-0.1, -0.05) is 25.1 Å². The van der Waals surface area contributed by atoms with Crippen molar-refractivity contribution in [3.63, 3.8) is 0 Å². The monoisotopic (exact) mass is 227 g/mol. The molecule has 0 aliphatic heterocycles. The molecule has 0 saturated carbocycles. The summed E-state index contributed by atoms with van der Waals surface area (Å²) in [7, 11) is 0. The molecule has 0 aliphatic rings. The molecule has 3 heteroatoms. The number of aromatic amines is 1. The minimum absolute atomic E-state index is 0.272. The van der Waals surface area contributed by atoms with Crippen LogP contribution in [-0.4, -0.2) is 4.98 Å². The van der Waals surface area contributed by atoms with E-state index in [1.54, 1.807) is 6.07 Å². The molecule has 3 rings (SSSR count). The van der Waals surface area contributed by atoms with Crippen molar-refractivity contribution in [2.24, 2.45) is 0 Å². The number of hydrogen-bond acceptors (Lipinski definition) is 2. The normalized spacial score (nSPS) is 11.4. The summed E-state index contributed by atoms with van der Waals surface area (Å²) in [5.74, 6) is 0.756. The van der Waals surface area contributed by atoms with E-state index in [1.807, 2.05) is 24.3 Å². The lowest BCUT2D eigenvalue weighted by Crippen LogP contribution is -1.99. The van der Waals surface area contributed by atoms with Crippen LogP contribution in [0.3, 0.4) is 0 Å². The maximum Gasteiger partial charge on any atom is 0.336 e. The molecule has 0 radical (unpaired) electrons. The lowest BCUT2D eigenvalue weighted by molar-refractivity contribution is 0.464. The van der Waals surface area contributed by atoms with Gasteiger partial charge in [-0.25, -0.2) is 4.79 Å². The number of benzene rings is 1. The largest absolute Gasteiger partial charge is 0.426 e. The molecule has 1 N–H and O–H groups in total. The second-order valence-corrected chi connectivity index (χ2v) is 4.20. The van der Waals surface area contributed by atoms with Gasteiger partial charge < -0.3 is 9.40 Å². The number of H-pyrrole nitrogens is 1. The first-order valence-electron chi connectivity index (χ1n) is 5.83. The fraction of sp³-hybridized carbons (Fsp3) is 0.214. The van der Waals surface area contributed by atoms with Crippen LogP contribution in [0.5, 0.6) is 0 Å². The molecule has 1 aromatic carbocycles. The van der Waals surface area contributed by atoms with Crippen LogP contribution in [0, 0.1) is 0 Å². The van der Waals surface area contributed by atoms with Gasteiger partial charge in [-0.2, -0.15) is 0 Å². The highest BCUT2D eigenvalue weighted by Crippen LogP contribution is 2.26. The Morgan fingerprint density at radius 3 is 2.88 bits per heavy atom. The Bertz CT molecular complexity index is 737. The third kappa shape index (κ3) is 1.55. The summed E-state index contributed by atoms with van der Waals surface area (Å²) >= 11 is 0. The van der Waals surface area contributed by atoms with E-state index in [4.69, 9.17) is 4.42 Å². The topological polar surface area (TPSA) is 46.0 Å². The number of aromatic nitrogens is 1.